The van der Waals surface area contributed by atoms with Crippen LogP contribution in [0.15, 0.2) is 0 Å². The van der Waals surface area contributed by atoms with E-state index in [0.29, 0.717) is 13.2 Å². The van der Waals surface area contributed by atoms with Crippen molar-refractivity contribution in [3.63, 3.8) is 0 Å². The quantitative estimate of drug-likeness (QED) is 0.0662. The molecule has 0 aliphatic rings. The van der Waals surface area contributed by atoms with Gasteiger partial charge in [0.15, 0.2) is 0 Å². The number of amides is 1. The first-order chi connectivity index (χ1) is 19.1. The van der Waals surface area contributed by atoms with Gasteiger partial charge in [0.05, 0.1) is 19.4 Å². The second-order valence-corrected chi connectivity index (χ2v) is 14.1. The van der Waals surface area contributed by atoms with E-state index >= 15 is 0 Å². The lowest BCUT2D eigenvalue weighted by molar-refractivity contribution is -0.153. The number of aliphatic hydroxyl groups excluding tert-OH is 1. The van der Waals surface area contributed by atoms with Crippen molar-refractivity contribution in [2.24, 2.45) is 5.41 Å². The van der Waals surface area contributed by atoms with Gasteiger partial charge in [-0.25, -0.2) is 0 Å². The van der Waals surface area contributed by atoms with Gasteiger partial charge < -0.3 is 24.8 Å². The lowest BCUT2D eigenvalue weighted by atomic mass is 9.87. The molecule has 0 aromatic heterocycles. The van der Waals surface area contributed by atoms with Crippen LogP contribution in [0, 0.1) is 5.41 Å². The Bertz CT molecular complexity index is 664. The van der Waals surface area contributed by atoms with Crippen molar-refractivity contribution in [2.45, 2.75) is 117 Å². The summed E-state index contributed by atoms with van der Waals surface area (Å²) in [6.45, 7) is 6.47. The molecule has 1 atom stereocenters. The Balaban J connectivity index is 3.66. The lowest BCUT2D eigenvalue weighted by Crippen LogP contribution is -2.46. The van der Waals surface area contributed by atoms with Crippen LogP contribution in [-0.2, 0) is 23.9 Å². The van der Waals surface area contributed by atoms with Gasteiger partial charge in [-0.2, -0.15) is 0 Å². The lowest BCUT2D eigenvalue weighted by Gasteiger charge is -2.29. The minimum Gasteiger partial charge on any atom is -0.465 e. The molecular weight excluding hydrogens is 548 g/mol. The molecule has 236 valence electrons. The van der Waals surface area contributed by atoms with Gasteiger partial charge in [0.2, 0.25) is 5.91 Å². The molecule has 0 saturated heterocycles. The molecule has 2 N–H and O–H groups in total. The molecule has 0 unspecified atom stereocenters. The third-order valence-corrected chi connectivity index (χ3v) is 9.03. The number of hydrogen-bond donors (Lipinski definition) is 2. The van der Waals surface area contributed by atoms with Gasteiger partial charge in [-0.05, 0) is 20.5 Å². The fourth-order valence-corrected chi connectivity index (χ4v) is 5.83. The van der Waals surface area contributed by atoms with E-state index in [9.17, 15) is 19.5 Å². The van der Waals surface area contributed by atoms with Gasteiger partial charge in [0, 0.05) is 30.0 Å². The van der Waals surface area contributed by atoms with Crippen LogP contribution < -0.4 is 5.32 Å². The summed E-state index contributed by atoms with van der Waals surface area (Å²) in [5.41, 5.74) is -0.958. The molecule has 1 amide bonds. The number of rotatable bonds is 27. The second-order valence-electron chi connectivity index (χ2n) is 11.4. The Morgan fingerprint density at radius 1 is 0.800 bits per heavy atom. The number of carbonyl (C=O) groups is 3. The molecule has 0 spiro atoms. The van der Waals surface area contributed by atoms with Crippen molar-refractivity contribution in [1.29, 1.82) is 0 Å². The van der Waals surface area contributed by atoms with Crippen LogP contribution in [0.3, 0.4) is 0 Å². The van der Waals surface area contributed by atoms with E-state index < -0.39 is 17.4 Å². The molecule has 8 nitrogen and oxygen atoms in total. The minimum absolute atomic E-state index is 0.0368. The summed E-state index contributed by atoms with van der Waals surface area (Å²) in [6.07, 6.45) is 15.2. The van der Waals surface area contributed by atoms with Crippen molar-refractivity contribution in [3.05, 3.63) is 0 Å². The molecule has 0 bridgehead atoms. The summed E-state index contributed by atoms with van der Waals surface area (Å²) in [5.74, 6) is 0.498. The zero-order chi connectivity index (χ0) is 30.1. The average Bonchev–Trinajstić information content (AvgIpc) is 2.91. The molecule has 0 saturated carbocycles. The SMILES string of the molecule is CCCCCCCCCCCCCCSSCCOC(=O)CCNC(=O)[C@H](O)C(C)(C)COC(=O)CCN(C)C. The summed E-state index contributed by atoms with van der Waals surface area (Å²) in [4.78, 5) is 37.9. The summed E-state index contributed by atoms with van der Waals surface area (Å²) in [5, 5.41) is 12.9. The summed E-state index contributed by atoms with van der Waals surface area (Å²) in [6, 6.07) is 0. The van der Waals surface area contributed by atoms with Crippen LogP contribution in [-0.4, -0.2) is 85.9 Å². The fourth-order valence-electron chi connectivity index (χ4n) is 3.85. The Kier molecular flexibility index (Phi) is 25.1. The summed E-state index contributed by atoms with van der Waals surface area (Å²) in [7, 11) is 7.28. The Morgan fingerprint density at radius 2 is 1.32 bits per heavy atom. The van der Waals surface area contributed by atoms with Gasteiger partial charge in [-0.15, -0.1) is 0 Å². The maximum Gasteiger partial charge on any atom is 0.307 e. The largest absolute Gasteiger partial charge is 0.465 e. The molecule has 0 aromatic carbocycles. The third kappa shape index (κ3) is 23.7. The van der Waals surface area contributed by atoms with Crippen molar-refractivity contribution >= 4 is 39.4 Å². The predicted octanol–water partition coefficient (Wildman–Crippen LogP) is 6.00. The molecule has 0 aliphatic carbocycles. The third-order valence-electron chi connectivity index (χ3n) is 6.58. The number of hydrogen-bond acceptors (Lipinski definition) is 9. The Labute approximate surface area is 252 Å². The molecule has 0 fully saturated rings. The monoisotopic (exact) mass is 606 g/mol. The number of carbonyl (C=O) groups excluding carboxylic acids is 3. The van der Waals surface area contributed by atoms with Crippen molar-refractivity contribution < 1.29 is 29.0 Å². The summed E-state index contributed by atoms with van der Waals surface area (Å²) < 4.78 is 10.4. The normalized spacial score (nSPS) is 12.4. The van der Waals surface area contributed by atoms with Crippen LogP contribution >= 0.6 is 21.6 Å². The maximum atomic E-state index is 12.3. The number of nitrogens with one attached hydrogen (secondary N) is 1. The number of esters is 2. The fraction of sp³-hybridized carbons (Fsp3) is 0.900. The molecule has 0 radical (unpaired) electrons. The molecule has 0 rings (SSSR count). The van der Waals surface area contributed by atoms with Crippen molar-refractivity contribution in [1.82, 2.24) is 10.2 Å². The molecule has 40 heavy (non-hydrogen) atoms. The van der Waals surface area contributed by atoms with Crippen molar-refractivity contribution in [2.75, 3.05) is 51.9 Å². The first kappa shape index (κ1) is 39.0. The zero-order valence-electron chi connectivity index (χ0n) is 26.0. The molecule has 0 aromatic rings. The van der Waals surface area contributed by atoms with Crippen LogP contribution in [0.5, 0.6) is 0 Å². The molecular formula is C30H58N2O6S2. The summed E-state index contributed by atoms with van der Waals surface area (Å²) >= 11 is 0. The molecule has 0 heterocycles. The highest BCUT2D eigenvalue weighted by Gasteiger charge is 2.35. The first-order valence-electron chi connectivity index (χ1n) is 15.3. The second kappa shape index (κ2) is 25.7. The smallest absolute Gasteiger partial charge is 0.307 e. The van der Waals surface area contributed by atoms with E-state index in [0.717, 1.165) is 11.5 Å². The van der Waals surface area contributed by atoms with Crippen LogP contribution in [0.1, 0.15) is 111 Å². The van der Waals surface area contributed by atoms with Gasteiger partial charge in [0.1, 0.15) is 12.7 Å². The first-order valence-corrected chi connectivity index (χ1v) is 17.7. The van der Waals surface area contributed by atoms with Crippen molar-refractivity contribution in [3.8, 4) is 0 Å². The zero-order valence-corrected chi connectivity index (χ0v) is 27.6. The van der Waals surface area contributed by atoms with Gasteiger partial charge in [0.25, 0.3) is 0 Å². The van der Waals surface area contributed by atoms with Gasteiger partial charge in [-0.3, -0.25) is 14.4 Å². The minimum atomic E-state index is -1.37. The predicted molar refractivity (Wildman–Crippen MR) is 168 cm³/mol. The van der Waals surface area contributed by atoms with E-state index in [2.05, 4.69) is 12.2 Å². The molecule has 0 aliphatic heterocycles. The van der Waals surface area contributed by atoms with Crippen LogP contribution in [0.2, 0.25) is 0 Å². The van der Waals surface area contributed by atoms with E-state index in [1.54, 1.807) is 24.6 Å². The van der Waals surface area contributed by atoms with Crippen LogP contribution in [0.25, 0.3) is 0 Å². The number of aliphatic hydroxyl groups is 1. The highest BCUT2D eigenvalue weighted by Crippen LogP contribution is 2.23. The van der Waals surface area contributed by atoms with E-state index in [1.807, 2.05) is 29.8 Å². The maximum absolute atomic E-state index is 12.3. The van der Waals surface area contributed by atoms with E-state index in [1.165, 1.54) is 77.0 Å². The number of nitrogens with zero attached hydrogens (tertiary/aromatic N) is 1. The Morgan fingerprint density at radius 3 is 1.90 bits per heavy atom. The molecule has 10 heteroatoms. The number of unbranched alkanes of at least 4 members (excludes halogenated alkanes) is 11. The standard InChI is InChI=1S/C30H58N2O6S2/c1-6-7-8-9-10-11-12-13-14-15-16-17-23-39-40-24-22-37-26(33)18-20-31-29(36)28(35)30(2,3)25-38-27(34)19-21-32(4)5/h28,35H,6-25H2,1-5H3,(H,31,36)/t28-/m0/s1. The highest BCUT2D eigenvalue weighted by atomic mass is 33.1. The average molecular weight is 607 g/mol. The van der Waals surface area contributed by atoms with E-state index in [-0.39, 0.29) is 37.9 Å². The van der Waals surface area contributed by atoms with E-state index in [4.69, 9.17) is 9.47 Å². The Hall–Kier alpha value is -0.970. The van der Waals surface area contributed by atoms with Gasteiger partial charge >= 0.3 is 11.9 Å². The van der Waals surface area contributed by atoms with Gasteiger partial charge in [-0.1, -0.05) is 113 Å². The topological polar surface area (TPSA) is 105 Å². The highest BCUT2D eigenvalue weighted by molar-refractivity contribution is 8.76. The number of ether oxygens (including phenoxy) is 2. The van der Waals surface area contributed by atoms with Crippen LogP contribution in [0.4, 0.5) is 0 Å².